The number of fused-ring (bicyclic) bond motifs is 1. The van der Waals surface area contributed by atoms with Crippen molar-refractivity contribution in [2.75, 3.05) is 11.4 Å². The Hall–Kier alpha value is -2.83. The summed E-state index contributed by atoms with van der Waals surface area (Å²) in [6.45, 7) is 2.68. The fraction of sp³-hybridized carbons (Fsp3) is 0.267. The summed E-state index contributed by atoms with van der Waals surface area (Å²) in [5, 5.41) is 0. The number of aromatic amines is 1. The molecule has 0 fully saturated rings. The summed E-state index contributed by atoms with van der Waals surface area (Å²) in [5.41, 5.74) is 0.886. The van der Waals surface area contributed by atoms with Crippen molar-refractivity contribution in [1.82, 2.24) is 19.1 Å². The molecule has 22 heavy (non-hydrogen) atoms. The van der Waals surface area contributed by atoms with E-state index in [1.165, 1.54) is 11.6 Å². The van der Waals surface area contributed by atoms with Gasteiger partial charge in [-0.1, -0.05) is 18.2 Å². The van der Waals surface area contributed by atoms with Crippen LogP contribution in [-0.2, 0) is 14.1 Å². The summed E-state index contributed by atoms with van der Waals surface area (Å²) in [6, 6.07) is 9.75. The lowest BCUT2D eigenvalue weighted by Crippen LogP contribution is -2.36. The molecule has 3 aromatic rings. The van der Waals surface area contributed by atoms with Crippen molar-refractivity contribution in [3.05, 3.63) is 51.2 Å². The van der Waals surface area contributed by atoms with Crippen LogP contribution in [0.3, 0.4) is 0 Å². The Morgan fingerprint density at radius 1 is 1.14 bits per heavy atom. The Kier molecular flexibility index (Phi) is 3.32. The van der Waals surface area contributed by atoms with Crippen LogP contribution < -0.4 is 16.1 Å². The average Bonchev–Trinajstić information content (AvgIpc) is 2.98. The quantitative estimate of drug-likeness (QED) is 0.786. The van der Waals surface area contributed by atoms with Crippen molar-refractivity contribution >= 4 is 22.8 Å². The van der Waals surface area contributed by atoms with Crippen molar-refractivity contribution in [3.8, 4) is 0 Å². The molecule has 7 nitrogen and oxygen atoms in total. The van der Waals surface area contributed by atoms with E-state index in [1.807, 2.05) is 42.2 Å². The second-order valence-corrected chi connectivity index (χ2v) is 5.04. The van der Waals surface area contributed by atoms with E-state index in [0.29, 0.717) is 23.7 Å². The van der Waals surface area contributed by atoms with Crippen LogP contribution in [0.15, 0.2) is 39.9 Å². The van der Waals surface area contributed by atoms with Gasteiger partial charge in [0.2, 0.25) is 5.95 Å². The van der Waals surface area contributed by atoms with Crippen molar-refractivity contribution in [2.45, 2.75) is 6.92 Å². The Bertz CT molecular complexity index is 936. The molecule has 0 radical (unpaired) electrons. The van der Waals surface area contributed by atoms with Crippen LogP contribution in [0.4, 0.5) is 11.6 Å². The topological polar surface area (TPSA) is 75.9 Å². The molecule has 0 aliphatic rings. The molecule has 1 aromatic carbocycles. The van der Waals surface area contributed by atoms with Gasteiger partial charge >= 0.3 is 5.69 Å². The minimum absolute atomic E-state index is 0.328. The molecule has 3 rings (SSSR count). The second-order valence-electron chi connectivity index (χ2n) is 5.04. The number of rotatable bonds is 3. The zero-order valence-corrected chi connectivity index (χ0v) is 12.7. The summed E-state index contributed by atoms with van der Waals surface area (Å²) >= 11 is 0. The molecule has 1 N–H and O–H groups in total. The van der Waals surface area contributed by atoms with Gasteiger partial charge in [-0.05, 0) is 19.1 Å². The minimum Gasteiger partial charge on any atom is -0.318 e. The monoisotopic (exact) mass is 299 g/mol. The van der Waals surface area contributed by atoms with E-state index in [2.05, 4.69) is 9.97 Å². The van der Waals surface area contributed by atoms with Gasteiger partial charge in [-0.25, -0.2) is 4.79 Å². The van der Waals surface area contributed by atoms with E-state index in [0.717, 1.165) is 10.3 Å². The number of hydrogen-bond acceptors (Lipinski definition) is 4. The van der Waals surface area contributed by atoms with Crippen LogP contribution in [0.1, 0.15) is 6.92 Å². The maximum Gasteiger partial charge on any atom is 0.332 e. The number of para-hydroxylation sites is 1. The number of nitrogens with one attached hydrogen (secondary N) is 1. The highest BCUT2D eigenvalue weighted by Crippen LogP contribution is 2.23. The Labute approximate surface area is 126 Å². The molecule has 0 saturated carbocycles. The van der Waals surface area contributed by atoms with Gasteiger partial charge in [0.25, 0.3) is 5.56 Å². The van der Waals surface area contributed by atoms with Crippen molar-refractivity contribution in [3.63, 3.8) is 0 Å². The number of hydrogen-bond donors (Lipinski definition) is 1. The van der Waals surface area contributed by atoms with Gasteiger partial charge in [-0.15, -0.1) is 0 Å². The van der Waals surface area contributed by atoms with E-state index in [9.17, 15) is 9.59 Å². The highest BCUT2D eigenvalue weighted by atomic mass is 16.2. The highest BCUT2D eigenvalue weighted by Gasteiger charge is 2.17. The number of H-pyrrole nitrogens is 1. The molecule has 0 bridgehead atoms. The van der Waals surface area contributed by atoms with Gasteiger partial charge in [-0.2, -0.15) is 4.98 Å². The minimum atomic E-state index is -0.390. The van der Waals surface area contributed by atoms with Crippen LogP contribution >= 0.6 is 0 Å². The van der Waals surface area contributed by atoms with Gasteiger partial charge in [0.15, 0.2) is 11.2 Å². The number of imidazole rings is 1. The first kappa shape index (κ1) is 14.1. The number of aryl methyl sites for hydroxylation is 1. The summed E-state index contributed by atoms with van der Waals surface area (Å²) in [7, 11) is 3.06. The Balaban J connectivity index is 2.25. The SMILES string of the molecule is CCN(c1ccccc1)c1nc2c([nH]1)c(=O)n(C)c(=O)n2C. The third kappa shape index (κ3) is 2.02. The lowest BCUT2D eigenvalue weighted by Gasteiger charge is -2.19. The van der Waals surface area contributed by atoms with Crippen LogP contribution in [0.5, 0.6) is 0 Å². The molecule has 0 atom stereocenters. The lowest BCUT2D eigenvalue weighted by atomic mass is 10.3. The molecule has 7 heteroatoms. The standard InChI is InChI=1S/C15H17N5O2/c1-4-20(10-8-6-5-7-9-10)14-16-11-12(17-14)18(2)15(22)19(3)13(11)21/h5-9H,4H2,1-3H3,(H,16,17). The predicted molar refractivity (Wildman–Crippen MR) is 85.7 cm³/mol. The van der Waals surface area contributed by atoms with Gasteiger partial charge in [0, 0.05) is 26.3 Å². The Morgan fingerprint density at radius 2 is 1.82 bits per heavy atom. The molecular weight excluding hydrogens is 282 g/mol. The highest BCUT2D eigenvalue weighted by molar-refractivity contribution is 5.74. The van der Waals surface area contributed by atoms with E-state index in [1.54, 1.807) is 7.05 Å². The van der Waals surface area contributed by atoms with Crippen LogP contribution in [0.2, 0.25) is 0 Å². The Morgan fingerprint density at radius 3 is 2.45 bits per heavy atom. The van der Waals surface area contributed by atoms with Crippen LogP contribution in [-0.4, -0.2) is 25.6 Å². The van der Waals surface area contributed by atoms with Gasteiger partial charge in [-0.3, -0.25) is 13.9 Å². The molecule has 2 heterocycles. The van der Waals surface area contributed by atoms with Gasteiger partial charge in [0.1, 0.15) is 0 Å². The molecule has 0 spiro atoms. The van der Waals surface area contributed by atoms with Crippen molar-refractivity contribution in [2.24, 2.45) is 14.1 Å². The third-order valence-electron chi connectivity index (χ3n) is 3.72. The molecule has 0 aliphatic carbocycles. The molecule has 0 amide bonds. The molecule has 0 saturated heterocycles. The molecule has 2 aromatic heterocycles. The first-order valence-corrected chi connectivity index (χ1v) is 7.03. The number of nitrogens with zero attached hydrogens (tertiary/aromatic N) is 4. The normalized spacial score (nSPS) is 11.0. The maximum absolute atomic E-state index is 12.2. The number of benzene rings is 1. The first-order valence-electron chi connectivity index (χ1n) is 7.03. The molecule has 0 unspecified atom stereocenters. The van der Waals surface area contributed by atoms with Gasteiger partial charge in [0.05, 0.1) is 0 Å². The molecule has 0 aliphatic heterocycles. The maximum atomic E-state index is 12.2. The molecule has 114 valence electrons. The summed E-state index contributed by atoms with van der Waals surface area (Å²) in [4.78, 5) is 33.6. The fourth-order valence-electron chi connectivity index (χ4n) is 2.50. The van der Waals surface area contributed by atoms with E-state index < -0.39 is 5.69 Å². The third-order valence-corrected chi connectivity index (χ3v) is 3.72. The smallest absolute Gasteiger partial charge is 0.318 e. The zero-order valence-electron chi connectivity index (χ0n) is 12.7. The first-order chi connectivity index (χ1) is 10.5. The second kappa shape index (κ2) is 5.18. The summed E-state index contributed by atoms with van der Waals surface area (Å²) < 4.78 is 2.44. The number of aromatic nitrogens is 4. The summed E-state index contributed by atoms with van der Waals surface area (Å²) in [5.74, 6) is 0.544. The van der Waals surface area contributed by atoms with Crippen molar-refractivity contribution in [1.29, 1.82) is 0 Å². The average molecular weight is 299 g/mol. The zero-order chi connectivity index (χ0) is 15.9. The predicted octanol–water partition coefficient (Wildman–Crippen LogP) is 1.12. The lowest BCUT2D eigenvalue weighted by molar-refractivity contribution is 0.708. The van der Waals surface area contributed by atoms with E-state index in [-0.39, 0.29) is 5.56 Å². The fourth-order valence-corrected chi connectivity index (χ4v) is 2.50. The largest absolute Gasteiger partial charge is 0.332 e. The van der Waals surface area contributed by atoms with E-state index in [4.69, 9.17) is 0 Å². The summed E-state index contributed by atoms with van der Waals surface area (Å²) in [6.07, 6.45) is 0. The molecular formula is C15H17N5O2. The van der Waals surface area contributed by atoms with Crippen molar-refractivity contribution < 1.29 is 0 Å². The number of anilines is 2. The van der Waals surface area contributed by atoms with Crippen LogP contribution in [0, 0.1) is 0 Å². The van der Waals surface area contributed by atoms with E-state index >= 15 is 0 Å². The van der Waals surface area contributed by atoms with Gasteiger partial charge < -0.3 is 9.88 Å². The van der Waals surface area contributed by atoms with Crippen LogP contribution in [0.25, 0.3) is 11.2 Å².